The summed E-state index contributed by atoms with van der Waals surface area (Å²) in [5.74, 6) is -2.66. The first-order chi connectivity index (χ1) is 9.88. The van der Waals surface area contributed by atoms with Crippen LogP contribution >= 0.6 is 15.9 Å². The number of aromatic carboxylic acids is 1. The second-order valence-electron chi connectivity index (χ2n) is 4.19. The predicted molar refractivity (Wildman–Crippen MR) is 79.9 cm³/mol. The SMILES string of the molecule is Nc1cc(Br)ccc1C(=O)Nc1ccc(C(=O)O)cc1F. The van der Waals surface area contributed by atoms with Crippen LogP contribution in [-0.4, -0.2) is 17.0 Å². The molecule has 1 amide bonds. The minimum atomic E-state index is -1.25. The first-order valence-electron chi connectivity index (χ1n) is 5.77. The van der Waals surface area contributed by atoms with Crippen molar-refractivity contribution in [3.63, 3.8) is 0 Å². The highest BCUT2D eigenvalue weighted by Crippen LogP contribution is 2.21. The molecule has 0 aromatic heterocycles. The molecular weight excluding hydrogens is 343 g/mol. The third-order valence-corrected chi connectivity index (χ3v) is 3.22. The van der Waals surface area contributed by atoms with E-state index >= 15 is 0 Å². The number of halogens is 2. The lowest BCUT2D eigenvalue weighted by molar-refractivity contribution is 0.0696. The Balaban J connectivity index is 2.25. The smallest absolute Gasteiger partial charge is 0.335 e. The largest absolute Gasteiger partial charge is 0.478 e. The second-order valence-corrected chi connectivity index (χ2v) is 5.10. The van der Waals surface area contributed by atoms with E-state index in [0.717, 1.165) is 6.07 Å². The standard InChI is InChI=1S/C14H10BrFN2O3/c15-8-2-3-9(11(17)6-8)13(19)18-12-4-1-7(14(20)21)5-10(12)16/h1-6H,17H2,(H,18,19)(H,20,21). The average Bonchev–Trinajstić information content (AvgIpc) is 2.40. The molecule has 21 heavy (non-hydrogen) atoms. The molecule has 0 spiro atoms. The van der Waals surface area contributed by atoms with E-state index in [1.165, 1.54) is 18.2 Å². The molecular formula is C14H10BrFN2O3. The van der Waals surface area contributed by atoms with E-state index in [2.05, 4.69) is 21.2 Å². The van der Waals surface area contributed by atoms with E-state index < -0.39 is 17.7 Å². The number of anilines is 2. The fourth-order valence-electron chi connectivity index (χ4n) is 1.68. The van der Waals surface area contributed by atoms with Crippen LogP contribution in [0.3, 0.4) is 0 Å². The highest BCUT2D eigenvalue weighted by Gasteiger charge is 2.14. The molecule has 0 radical (unpaired) electrons. The maximum Gasteiger partial charge on any atom is 0.335 e. The van der Waals surface area contributed by atoms with Crippen LogP contribution < -0.4 is 11.1 Å². The van der Waals surface area contributed by atoms with Crippen molar-refractivity contribution in [1.29, 1.82) is 0 Å². The zero-order valence-electron chi connectivity index (χ0n) is 10.6. The van der Waals surface area contributed by atoms with E-state index in [1.807, 2.05) is 0 Å². The monoisotopic (exact) mass is 352 g/mol. The normalized spacial score (nSPS) is 10.2. The van der Waals surface area contributed by atoms with Gasteiger partial charge in [0, 0.05) is 10.2 Å². The molecule has 5 nitrogen and oxygen atoms in total. The van der Waals surface area contributed by atoms with Gasteiger partial charge >= 0.3 is 5.97 Å². The van der Waals surface area contributed by atoms with Crippen molar-refractivity contribution in [3.05, 3.63) is 57.8 Å². The molecule has 0 aliphatic carbocycles. The molecule has 0 saturated carbocycles. The summed E-state index contributed by atoms with van der Waals surface area (Å²) in [6, 6.07) is 7.91. The lowest BCUT2D eigenvalue weighted by atomic mass is 10.1. The molecule has 0 saturated heterocycles. The molecule has 0 unspecified atom stereocenters. The Morgan fingerprint density at radius 2 is 1.90 bits per heavy atom. The van der Waals surface area contributed by atoms with Crippen molar-refractivity contribution in [2.24, 2.45) is 0 Å². The zero-order chi connectivity index (χ0) is 15.6. The molecule has 0 aliphatic heterocycles. The summed E-state index contributed by atoms with van der Waals surface area (Å²) in [6.45, 7) is 0. The van der Waals surface area contributed by atoms with Crippen LogP contribution in [0.5, 0.6) is 0 Å². The van der Waals surface area contributed by atoms with E-state index in [1.54, 1.807) is 12.1 Å². The van der Waals surface area contributed by atoms with Gasteiger partial charge in [-0.25, -0.2) is 9.18 Å². The number of nitrogen functional groups attached to an aromatic ring is 1. The molecule has 0 atom stereocenters. The van der Waals surface area contributed by atoms with Crippen molar-refractivity contribution in [2.75, 3.05) is 11.1 Å². The Kier molecular flexibility index (Phi) is 4.23. The van der Waals surface area contributed by atoms with Crippen LogP contribution in [0.25, 0.3) is 0 Å². The lowest BCUT2D eigenvalue weighted by Gasteiger charge is -2.09. The number of rotatable bonds is 3. The molecule has 0 bridgehead atoms. The molecule has 2 aromatic carbocycles. The third-order valence-electron chi connectivity index (χ3n) is 2.72. The number of carbonyl (C=O) groups is 2. The van der Waals surface area contributed by atoms with Gasteiger partial charge < -0.3 is 16.2 Å². The van der Waals surface area contributed by atoms with Crippen LogP contribution in [-0.2, 0) is 0 Å². The molecule has 2 aromatic rings. The van der Waals surface area contributed by atoms with Crippen molar-refractivity contribution in [3.8, 4) is 0 Å². The number of nitrogens with two attached hydrogens (primary N) is 1. The molecule has 108 valence electrons. The van der Waals surface area contributed by atoms with E-state index in [9.17, 15) is 14.0 Å². The summed E-state index contributed by atoms with van der Waals surface area (Å²) in [4.78, 5) is 22.7. The number of carboxylic acids is 1. The fourth-order valence-corrected chi connectivity index (χ4v) is 2.06. The predicted octanol–water partition coefficient (Wildman–Crippen LogP) is 3.12. The summed E-state index contributed by atoms with van der Waals surface area (Å²) < 4.78 is 14.5. The number of amides is 1. The number of hydrogen-bond acceptors (Lipinski definition) is 3. The van der Waals surface area contributed by atoms with Crippen LogP contribution in [0.15, 0.2) is 40.9 Å². The highest BCUT2D eigenvalue weighted by atomic mass is 79.9. The van der Waals surface area contributed by atoms with E-state index in [4.69, 9.17) is 10.8 Å². The Morgan fingerprint density at radius 1 is 1.19 bits per heavy atom. The van der Waals surface area contributed by atoms with Crippen LogP contribution in [0.4, 0.5) is 15.8 Å². The zero-order valence-corrected chi connectivity index (χ0v) is 12.1. The number of nitrogens with one attached hydrogen (secondary N) is 1. The first-order valence-corrected chi connectivity index (χ1v) is 6.57. The van der Waals surface area contributed by atoms with Crippen molar-refractivity contribution in [2.45, 2.75) is 0 Å². The third kappa shape index (κ3) is 3.38. The van der Waals surface area contributed by atoms with Crippen LogP contribution in [0, 0.1) is 5.82 Å². The van der Waals surface area contributed by atoms with Crippen molar-refractivity contribution >= 4 is 39.2 Å². The number of carboxylic acid groups (broad SMARTS) is 1. The molecule has 7 heteroatoms. The van der Waals surface area contributed by atoms with Gasteiger partial charge in [-0.3, -0.25) is 4.79 Å². The minimum Gasteiger partial charge on any atom is -0.478 e. The van der Waals surface area contributed by atoms with Gasteiger partial charge in [0.2, 0.25) is 0 Å². The van der Waals surface area contributed by atoms with Gasteiger partial charge in [-0.1, -0.05) is 15.9 Å². The fraction of sp³-hybridized carbons (Fsp3) is 0. The molecule has 4 N–H and O–H groups in total. The van der Waals surface area contributed by atoms with E-state index in [0.29, 0.717) is 4.47 Å². The average molecular weight is 353 g/mol. The van der Waals surface area contributed by atoms with Gasteiger partial charge in [-0.15, -0.1) is 0 Å². The molecule has 0 aliphatic rings. The van der Waals surface area contributed by atoms with Crippen LogP contribution in [0.1, 0.15) is 20.7 Å². The Bertz CT molecular complexity index is 734. The van der Waals surface area contributed by atoms with Gasteiger partial charge in [0.25, 0.3) is 5.91 Å². The van der Waals surface area contributed by atoms with Gasteiger partial charge in [0.1, 0.15) is 5.82 Å². The Hall–Kier alpha value is -2.41. The summed E-state index contributed by atoms with van der Waals surface area (Å²) in [7, 11) is 0. The summed E-state index contributed by atoms with van der Waals surface area (Å²) in [5.41, 5.74) is 5.83. The summed E-state index contributed by atoms with van der Waals surface area (Å²) >= 11 is 3.22. The quantitative estimate of drug-likeness (QED) is 0.740. The van der Waals surface area contributed by atoms with Crippen LogP contribution in [0.2, 0.25) is 0 Å². The Labute approximate surface area is 127 Å². The first kappa shape index (κ1) is 15.0. The number of carbonyl (C=O) groups excluding carboxylic acids is 1. The minimum absolute atomic E-state index is 0.118. The molecule has 0 heterocycles. The topological polar surface area (TPSA) is 92.4 Å². The van der Waals surface area contributed by atoms with Crippen molar-refractivity contribution < 1.29 is 19.1 Å². The maximum absolute atomic E-state index is 13.7. The van der Waals surface area contributed by atoms with Gasteiger partial charge in [-0.2, -0.15) is 0 Å². The lowest BCUT2D eigenvalue weighted by Crippen LogP contribution is -2.15. The molecule has 0 fully saturated rings. The van der Waals surface area contributed by atoms with Gasteiger partial charge in [-0.05, 0) is 36.4 Å². The second kappa shape index (κ2) is 5.92. The Morgan fingerprint density at radius 3 is 2.48 bits per heavy atom. The summed E-state index contributed by atoms with van der Waals surface area (Å²) in [5, 5.41) is 11.1. The summed E-state index contributed by atoms with van der Waals surface area (Å²) in [6.07, 6.45) is 0. The maximum atomic E-state index is 13.7. The van der Waals surface area contributed by atoms with Crippen molar-refractivity contribution in [1.82, 2.24) is 0 Å². The highest BCUT2D eigenvalue weighted by molar-refractivity contribution is 9.10. The number of hydrogen-bond donors (Lipinski definition) is 3. The number of benzene rings is 2. The molecule has 2 rings (SSSR count). The van der Waals surface area contributed by atoms with Gasteiger partial charge in [0.05, 0.1) is 16.8 Å². The van der Waals surface area contributed by atoms with E-state index in [-0.39, 0.29) is 22.5 Å². The van der Waals surface area contributed by atoms with Gasteiger partial charge in [0.15, 0.2) is 0 Å².